The number of nitrogens with one attached hydrogen (secondary N) is 1. The third-order valence-electron chi connectivity index (χ3n) is 5.30. The second-order valence-electron chi connectivity index (χ2n) is 7.57. The normalized spacial score (nSPS) is 15.4. The molecule has 1 aliphatic heterocycles. The molecule has 2 heterocycles. The van der Waals surface area contributed by atoms with Crippen molar-refractivity contribution in [2.75, 3.05) is 18.4 Å². The molecule has 1 aliphatic rings. The van der Waals surface area contributed by atoms with Gasteiger partial charge in [-0.3, -0.25) is 4.79 Å². The maximum Gasteiger partial charge on any atom is 0.243 e. The molecule has 1 aromatic heterocycles. The van der Waals surface area contributed by atoms with E-state index in [9.17, 15) is 13.2 Å². The number of aryl methyl sites for hydroxylation is 2. The summed E-state index contributed by atoms with van der Waals surface area (Å²) in [4.78, 5) is 17.1. The first-order valence-corrected chi connectivity index (χ1v) is 12.4. The number of thiazole rings is 1. The number of hydrogen-bond donors (Lipinski definition) is 1. The fourth-order valence-corrected chi connectivity index (χ4v) is 6.06. The van der Waals surface area contributed by atoms with Crippen molar-refractivity contribution in [2.24, 2.45) is 0 Å². The van der Waals surface area contributed by atoms with Gasteiger partial charge in [0.15, 0.2) is 0 Å². The zero-order valence-electron chi connectivity index (χ0n) is 16.9. The summed E-state index contributed by atoms with van der Waals surface area (Å²) < 4.78 is 28.1. The lowest BCUT2D eigenvalue weighted by molar-refractivity contribution is -0.116. The maximum atomic E-state index is 12.7. The lowest BCUT2D eigenvalue weighted by Crippen LogP contribution is -2.35. The van der Waals surface area contributed by atoms with E-state index in [-0.39, 0.29) is 5.91 Å². The predicted molar refractivity (Wildman–Crippen MR) is 120 cm³/mol. The molecule has 8 heteroatoms. The SMILES string of the molecule is Cc1nc2ccc(NC(=O)CCc3ccc(S(=O)(=O)N4CCCCC4)cc3)cc2s1. The first kappa shape index (κ1) is 21.0. The quantitative estimate of drug-likeness (QED) is 0.614. The largest absolute Gasteiger partial charge is 0.326 e. The van der Waals surface area contributed by atoms with E-state index in [1.807, 2.05) is 25.1 Å². The second-order valence-corrected chi connectivity index (χ2v) is 10.7. The Balaban J connectivity index is 1.34. The standard InChI is InChI=1S/C22H25N3O3S2/c1-16-23-20-11-8-18(15-21(20)29-16)24-22(26)12-7-17-5-9-19(10-6-17)30(27,28)25-13-3-2-4-14-25/h5-6,8-11,15H,2-4,7,12-14H2,1H3,(H,24,26). The predicted octanol–water partition coefficient (Wildman–Crippen LogP) is 4.35. The number of nitrogens with zero attached hydrogens (tertiary/aromatic N) is 2. The van der Waals surface area contributed by atoms with E-state index in [0.29, 0.717) is 30.8 Å². The average molecular weight is 444 g/mol. The van der Waals surface area contributed by atoms with Crippen LogP contribution in [0.25, 0.3) is 10.2 Å². The Morgan fingerprint density at radius 2 is 1.83 bits per heavy atom. The van der Waals surface area contributed by atoms with Crippen LogP contribution >= 0.6 is 11.3 Å². The molecule has 30 heavy (non-hydrogen) atoms. The minimum atomic E-state index is -3.42. The second kappa shape index (κ2) is 8.83. The Hall–Kier alpha value is -2.29. The van der Waals surface area contributed by atoms with Gasteiger partial charge >= 0.3 is 0 Å². The van der Waals surface area contributed by atoms with Gasteiger partial charge in [-0.1, -0.05) is 18.6 Å². The van der Waals surface area contributed by atoms with Gasteiger partial charge in [0, 0.05) is 25.2 Å². The number of fused-ring (bicyclic) bond motifs is 1. The van der Waals surface area contributed by atoms with Crippen molar-refractivity contribution in [3.8, 4) is 0 Å². The molecule has 1 fully saturated rings. The molecule has 0 unspecified atom stereocenters. The van der Waals surface area contributed by atoms with Gasteiger partial charge < -0.3 is 5.32 Å². The van der Waals surface area contributed by atoms with Crippen LogP contribution in [0.2, 0.25) is 0 Å². The van der Waals surface area contributed by atoms with Crippen LogP contribution in [0, 0.1) is 6.92 Å². The summed E-state index contributed by atoms with van der Waals surface area (Å²) in [6, 6.07) is 12.6. The molecule has 0 atom stereocenters. The average Bonchev–Trinajstić information content (AvgIpc) is 3.12. The molecule has 6 nitrogen and oxygen atoms in total. The van der Waals surface area contributed by atoms with Gasteiger partial charge in [0.2, 0.25) is 15.9 Å². The smallest absolute Gasteiger partial charge is 0.243 e. The van der Waals surface area contributed by atoms with Crippen molar-refractivity contribution < 1.29 is 13.2 Å². The first-order valence-electron chi connectivity index (χ1n) is 10.2. The van der Waals surface area contributed by atoms with Crippen LogP contribution < -0.4 is 5.32 Å². The van der Waals surface area contributed by atoms with E-state index in [1.54, 1.807) is 39.9 Å². The van der Waals surface area contributed by atoms with Gasteiger partial charge in [0.25, 0.3) is 0 Å². The van der Waals surface area contributed by atoms with Gasteiger partial charge in [-0.05, 0) is 62.1 Å². The lowest BCUT2D eigenvalue weighted by atomic mass is 10.1. The van der Waals surface area contributed by atoms with Crippen LogP contribution in [0.3, 0.4) is 0 Å². The fourth-order valence-electron chi connectivity index (χ4n) is 3.68. The number of carbonyl (C=O) groups is 1. The summed E-state index contributed by atoms with van der Waals surface area (Å²) in [7, 11) is -3.42. The molecule has 1 saturated heterocycles. The number of aromatic nitrogens is 1. The third-order valence-corrected chi connectivity index (χ3v) is 8.14. The molecular formula is C22H25N3O3S2. The Kier molecular flexibility index (Phi) is 6.17. The Labute approximate surface area is 181 Å². The topological polar surface area (TPSA) is 79.4 Å². The van der Waals surface area contributed by atoms with Crippen molar-refractivity contribution in [1.82, 2.24) is 9.29 Å². The highest BCUT2D eigenvalue weighted by molar-refractivity contribution is 7.89. The number of anilines is 1. The fraction of sp³-hybridized carbons (Fsp3) is 0.364. The molecule has 0 bridgehead atoms. The van der Waals surface area contributed by atoms with E-state index in [4.69, 9.17) is 0 Å². The van der Waals surface area contributed by atoms with Gasteiger partial charge in [-0.2, -0.15) is 4.31 Å². The van der Waals surface area contributed by atoms with Crippen molar-refractivity contribution in [2.45, 2.75) is 43.9 Å². The number of hydrogen-bond acceptors (Lipinski definition) is 5. The maximum absolute atomic E-state index is 12.7. The van der Waals surface area contributed by atoms with Crippen LogP contribution in [-0.2, 0) is 21.2 Å². The minimum absolute atomic E-state index is 0.0689. The number of sulfonamides is 1. The van der Waals surface area contributed by atoms with Gasteiger partial charge in [-0.15, -0.1) is 11.3 Å². The number of rotatable bonds is 6. The minimum Gasteiger partial charge on any atom is -0.326 e. The molecule has 1 amide bonds. The van der Waals surface area contributed by atoms with Crippen molar-refractivity contribution in [3.05, 3.63) is 53.0 Å². The number of amides is 1. The van der Waals surface area contributed by atoms with Crippen LogP contribution in [0.5, 0.6) is 0 Å². The monoisotopic (exact) mass is 443 g/mol. The molecule has 0 spiro atoms. The molecule has 3 aromatic rings. The number of piperidine rings is 1. The van der Waals surface area contributed by atoms with Gasteiger partial charge in [0.05, 0.1) is 20.1 Å². The molecule has 0 saturated carbocycles. The molecule has 2 aromatic carbocycles. The van der Waals surface area contributed by atoms with Crippen molar-refractivity contribution in [3.63, 3.8) is 0 Å². The molecule has 158 valence electrons. The zero-order chi connectivity index (χ0) is 21.1. The van der Waals surface area contributed by atoms with Crippen LogP contribution in [-0.4, -0.2) is 36.7 Å². The zero-order valence-corrected chi connectivity index (χ0v) is 18.6. The lowest BCUT2D eigenvalue weighted by Gasteiger charge is -2.25. The third kappa shape index (κ3) is 4.71. The van der Waals surface area contributed by atoms with E-state index >= 15 is 0 Å². The summed E-state index contributed by atoms with van der Waals surface area (Å²) in [6.07, 6.45) is 3.81. The van der Waals surface area contributed by atoms with Crippen molar-refractivity contribution in [1.29, 1.82) is 0 Å². The van der Waals surface area contributed by atoms with E-state index in [2.05, 4.69) is 10.3 Å². The van der Waals surface area contributed by atoms with Crippen molar-refractivity contribution >= 4 is 43.2 Å². The van der Waals surface area contributed by atoms with Crippen LogP contribution in [0.15, 0.2) is 47.4 Å². The highest BCUT2D eigenvalue weighted by atomic mass is 32.2. The molecular weight excluding hydrogens is 418 g/mol. The number of benzene rings is 2. The summed E-state index contributed by atoms with van der Waals surface area (Å²) in [5.74, 6) is -0.0689. The van der Waals surface area contributed by atoms with Crippen LogP contribution in [0.1, 0.15) is 36.3 Å². The van der Waals surface area contributed by atoms with E-state index < -0.39 is 10.0 Å². The van der Waals surface area contributed by atoms with E-state index in [0.717, 1.165) is 45.7 Å². The summed E-state index contributed by atoms with van der Waals surface area (Å²) >= 11 is 1.60. The summed E-state index contributed by atoms with van der Waals surface area (Å²) in [5, 5.41) is 3.93. The molecule has 0 aliphatic carbocycles. The Bertz CT molecular complexity index is 1150. The van der Waals surface area contributed by atoms with Crippen LogP contribution in [0.4, 0.5) is 5.69 Å². The van der Waals surface area contributed by atoms with Gasteiger partial charge in [-0.25, -0.2) is 13.4 Å². The molecule has 4 rings (SSSR count). The molecule has 0 radical (unpaired) electrons. The number of carbonyl (C=O) groups excluding carboxylic acids is 1. The summed E-state index contributed by atoms with van der Waals surface area (Å²) in [6.45, 7) is 3.15. The first-order chi connectivity index (χ1) is 14.4. The highest BCUT2D eigenvalue weighted by Crippen LogP contribution is 2.25. The summed E-state index contributed by atoms with van der Waals surface area (Å²) in [5.41, 5.74) is 2.64. The highest BCUT2D eigenvalue weighted by Gasteiger charge is 2.25. The van der Waals surface area contributed by atoms with E-state index in [1.165, 1.54) is 0 Å². The Morgan fingerprint density at radius 3 is 2.57 bits per heavy atom. The van der Waals surface area contributed by atoms with Gasteiger partial charge in [0.1, 0.15) is 0 Å². The molecule has 1 N–H and O–H groups in total. The Morgan fingerprint density at radius 1 is 1.10 bits per heavy atom.